The molecule has 2 aliphatic heterocycles. The second-order valence-corrected chi connectivity index (χ2v) is 2.26. The van der Waals surface area contributed by atoms with Gasteiger partial charge in [-0.05, 0) is 6.07 Å². The minimum absolute atomic E-state index is 0.895. The molecule has 10 heavy (non-hydrogen) atoms. The Labute approximate surface area is 56.5 Å². The maximum Gasteiger partial charge on any atom is 0.160 e. The molecule has 4 nitrogen and oxygen atoms in total. The number of nitrogens with zero attached hydrogens (tertiary/aromatic N) is 3. The molecule has 48 valence electrons. The van der Waals surface area contributed by atoms with Crippen LogP contribution in [0.25, 0.3) is 5.52 Å². The first-order chi connectivity index (χ1) is 4.93. The molecular weight excluding hydrogens is 128 g/mol. The zero-order valence-electron chi connectivity index (χ0n) is 5.07. The predicted molar refractivity (Wildman–Crippen MR) is 36.3 cm³/mol. The Balaban J connectivity index is 2.66. The molecule has 0 aromatic carbocycles. The summed E-state index contributed by atoms with van der Waals surface area (Å²) >= 11 is 0. The van der Waals surface area contributed by atoms with E-state index in [1.807, 2.05) is 16.8 Å². The van der Waals surface area contributed by atoms with Gasteiger partial charge in [0.05, 0.1) is 12.4 Å². The summed E-state index contributed by atoms with van der Waals surface area (Å²) in [6, 6.07) is 1.93. The van der Waals surface area contributed by atoms with Gasteiger partial charge in [-0.3, -0.25) is 0 Å². The van der Waals surface area contributed by atoms with Gasteiger partial charge in [0.15, 0.2) is 11.6 Å². The van der Waals surface area contributed by atoms with Crippen molar-refractivity contribution in [2.24, 2.45) is 0 Å². The number of nitrogens with one attached hydrogen (secondary N) is 1. The van der Waals surface area contributed by atoms with Gasteiger partial charge in [0.2, 0.25) is 0 Å². The topological polar surface area (TPSA) is 42.2 Å². The average molecular weight is 132 g/mol. The van der Waals surface area contributed by atoms with E-state index >= 15 is 0 Å². The van der Waals surface area contributed by atoms with Crippen molar-refractivity contribution in [1.29, 1.82) is 0 Å². The quantitative estimate of drug-likeness (QED) is 0.491. The van der Waals surface area contributed by atoms with E-state index in [-0.39, 0.29) is 0 Å². The molecule has 0 saturated carbocycles. The Morgan fingerprint density at radius 1 is 1.50 bits per heavy atom. The zero-order chi connectivity index (χ0) is 6.55. The minimum atomic E-state index is 0.895. The number of hydrogen-bond donors (Lipinski definition) is 1. The molecule has 0 fully saturated rings. The van der Waals surface area contributed by atoms with Crippen LogP contribution in [0.2, 0.25) is 0 Å². The fourth-order valence-corrected chi connectivity index (χ4v) is 1.15. The van der Waals surface area contributed by atoms with Gasteiger partial charge in [0.25, 0.3) is 0 Å². The van der Waals surface area contributed by atoms with Crippen LogP contribution in [0.1, 0.15) is 0 Å². The standard InChI is InChI=1S/C6H4N4/c1-2-7-10-3-5-8-6(9-5)4(1)10/h1-3H,(H,8,9). The lowest BCUT2D eigenvalue weighted by Gasteiger charge is -2.15. The van der Waals surface area contributed by atoms with E-state index in [1.165, 1.54) is 0 Å². The molecule has 4 heteroatoms. The lowest BCUT2D eigenvalue weighted by atomic mass is 10.4. The Morgan fingerprint density at radius 2 is 2.40 bits per heavy atom. The Hall–Kier alpha value is -1.58. The fraction of sp³-hybridized carbons (Fsp3) is 0. The predicted octanol–water partition coefficient (Wildman–Crippen LogP) is 0.786. The van der Waals surface area contributed by atoms with Crippen molar-refractivity contribution < 1.29 is 0 Å². The van der Waals surface area contributed by atoms with E-state index in [4.69, 9.17) is 0 Å². The third kappa shape index (κ3) is 0.316. The molecular formula is C6H4N4. The maximum atomic E-state index is 4.15. The first-order valence-electron chi connectivity index (χ1n) is 3.05. The highest BCUT2D eigenvalue weighted by Crippen LogP contribution is 2.27. The molecule has 2 bridgehead atoms. The van der Waals surface area contributed by atoms with E-state index in [0.29, 0.717) is 0 Å². The number of anilines is 2. The van der Waals surface area contributed by atoms with Crippen LogP contribution in [0.3, 0.4) is 0 Å². The molecule has 4 heterocycles. The first-order valence-corrected chi connectivity index (χ1v) is 3.05. The smallest absolute Gasteiger partial charge is 0.160 e. The van der Waals surface area contributed by atoms with Crippen molar-refractivity contribution in [2.75, 3.05) is 5.32 Å². The summed E-state index contributed by atoms with van der Waals surface area (Å²) in [5.74, 6) is 1.82. The van der Waals surface area contributed by atoms with Gasteiger partial charge < -0.3 is 5.32 Å². The van der Waals surface area contributed by atoms with Crippen molar-refractivity contribution >= 4 is 17.2 Å². The highest BCUT2D eigenvalue weighted by Gasteiger charge is 2.14. The van der Waals surface area contributed by atoms with Gasteiger partial charge in [-0.15, -0.1) is 0 Å². The lowest BCUT2D eigenvalue weighted by molar-refractivity contribution is 0.933. The number of hydrogen-bond acceptors (Lipinski definition) is 3. The molecule has 2 aromatic rings. The molecule has 0 radical (unpaired) electrons. The van der Waals surface area contributed by atoms with Crippen molar-refractivity contribution in [1.82, 2.24) is 14.6 Å². The van der Waals surface area contributed by atoms with Crippen LogP contribution < -0.4 is 5.32 Å². The highest BCUT2D eigenvalue weighted by molar-refractivity contribution is 5.79. The minimum Gasteiger partial charge on any atom is -0.322 e. The zero-order valence-corrected chi connectivity index (χ0v) is 5.07. The van der Waals surface area contributed by atoms with Crippen LogP contribution in [0, 0.1) is 0 Å². The molecule has 1 N–H and O–H groups in total. The van der Waals surface area contributed by atoms with Gasteiger partial charge >= 0.3 is 0 Å². The summed E-state index contributed by atoms with van der Waals surface area (Å²) < 4.78 is 1.81. The van der Waals surface area contributed by atoms with Gasteiger partial charge in [-0.25, -0.2) is 9.50 Å². The van der Waals surface area contributed by atoms with E-state index in [2.05, 4.69) is 15.4 Å². The van der Waals surface area contributed by atoms with E-state index in [0.717, 1.165) is 17.2 Å². The van der Waals surface area contributed by atoms with Crippen molar-refractivity contribution in [2.45, 2.75) is 0 Å². The summed E-state index contributed by atoms with van der Waals surface area (Å²) in [5.41, 5.74) is 1.04. The maximum absolute atomic E-state index is 4.15. The second kappa shape index (κ2) is 1.13. The molecule has 0 atom stereocenters. The second-order valence-electron chi connectivity index (χ2n) is 2.26. The summed E-state index contributed by atoms with van der Waals surface area (Å²) in [6.45, 7) is 0. The van der Waals surface area contributed by atoms with Crippen molar-refractivity contribution in [3.8, 4) is 0 Å². The molecule has 0 saturated heterocycles. The van der Waals surface area contributed by atoms with Gasteiger partial charge in [0.1, 0.15) is 5.52 Å². The summed E-state index contributed by atoms with van der Waals surface area (Å²) in [7, 11) is 0. The molecule has 0 amide bonds. The molecule has 0 spiro atoms. The fourth-order valence-electron chi connectivity index (χ4n) is 1.15. The van der Waals surface area contributed by atoms with Gasteiger partial charge in [0, 0.05) is 0 Å². The lowest BCUT2D eigenvalue weighted by Crippen LogP contribution is -2.10. The van der Waals surface area contributed by atoms with Crippen LogP contribution in [0.5, 0.6) is 0 Å². The summed E-state index contributed by atoms with van der Waals surface area (Å²) in [6.07, 6.45) is 3.62. The number of aromatic nitrogens is 3. The van der Waals surface area contributed by atoms with Crippen LogP contribution in [-0.4, -0.2) is 14.6 Å². The Morgan fingerprint density at radius 3 is 3.20 bits per heavy atom. The Kier molecular flexibility index (Phi) is 0.484. The third-order valence-electron chi connectivity index (χ3n) is 1.64. The summed E-state index contributed by atoms with van der Waals surface area (Å²) in [5, 5.41) is 7.13. The average Bonchev–Trinajstić information content (AvgIpc) is 2.29. The first kappa shape index (κ1) is 4.27. The largest absolute Gasteiger partial charge is 0.322 e. The van der Waals surface area contributed by atoms with E-state index in [1.54, 1.807) is 6.20 Å². The molecule has 0 aliphatic carbocycles. The van der Waals surface area contributed by atoms with Crippen LogP contribution in [-0.2, 0) is 0 Å². The normalized spacial score (nSPS) is 12.8. The van der Waals surface area contributed by atoms with E-state index < -0.39 is 0 Å². The number of rotatable bonds is 0. The third-order valence-corrected chi connectivity index (χ3v) is 1.64. The van der Waals surface area contributed by atoms with E-state index in [9.17, 15) is 0 Å². The Bertz CT molecular complexity index is 403. The van der Waals surface area contributed by atoms with Gasteiger partial charge in [-0.1, -0.05) is 0 Å². The molecule has 2 aromatic heterocycles. The highest BCUT2D eigenvalue weighted by atomic mass is 15.3. The van der Waals surface area contributed by atoms with Crippen LogP contribution in [0.15, 0.2) is 18.5 Å². The molecule has 0 unspecified atom stereocenters. The van der Waals surface area contributed by atoms with Crippen LogP contribution >= 0.6 is 0 Å². The SMILES string of the molecule is c1cc2c3nc(cn2n1)N3. The van der Waals surface area contributed by atoms with Gasteiger partial charge in [-0.2, -0.15) is 5.10 Å². The summed E-state index contributed by atoms with van der Waals surface area (Å²) in [4.78, 5) is 4.15. The van der Waals surface area contributed by atoms with Crippen molar-refractivity contribution in [3.63, 3.8) is 0 Å². The van der Waals surface area contributed by atoms with Crippen LogP contribution in [0.4, 0.5) is 11.6 Å². The molecule has 4 rings (SSSR count). The molecule has 2 aliphatic rings. The van der Waals surface area contributed by atoms with Crippen molar-refractivity contribution in [3.05, 3.63) is 18.5 Å². The monoisotopic (exact) mass is 132 g/mol.